The van der Waals surface area contributed by atoms with E-state index < -0.39 is 19.2 Å². The smallest absolute Gasteiger partial charge is 0.387 e. The van der Waals surface area contributed by atoms with E-state index in [1.54, 1.807) is 12.2 Å². The number of ether oxygens (including phenoxy) is 3. The predicted octanol–water partition coefficient (Wildman–Crippen LogP) is 3.05. The maximum Gasteiger partial charge on any atom is 0.387 e. The van der Waals surface area contributed by atoms with Gasteiger partial charge in [0.1, 0.15) is 0 Å². The first-order valence-electron chi connectivity index (χ1n) is 7.88. The van der Waals surface area contributed by atoms with Gasteiger partial charge in [0.15, 0.2) is 18.1 Å². The average Bonchev–Trinajstić information content (AvgIpc) is 2.64. The van der Waals surface area contributed by atoms with Crippen molar-refractivity contribution in [3.05, 3.63) is 55.1 Å². The highest BCUT2D eigenvalue weighted by atomic mass is 19.3. The highest BCUT2D eigenvalue weighted by molar-refractivity contribution is 5.89. The Kier molecular flexibility index (Phi) is 9.28. The fourth-order valence-corrected chi connectivity index (χ4v) is 2.01. The lowest BCUT2D eigenvalue weighted by Crippen LogP contribution is -2.34. The number of carbonyl (C=O) groups is 2. The third-order valence-electron chi connectivity index (χ3n) is 3.21. The highest BCUT2D eigenvalue weighted by Crippen LogP contribution is 2.29. The zero-order valence-electron chi connectivity index (χ0n) is 14.9. The molecule has 0 radical (unpaired) electrons. The molecule has 1 rings (SSSR count). The standard InChI is InChI=1S/C19H21F2NO5/c1-4-10-22(11-5-2)17(23)13-26-18(24)9-7-14-6-8-15(27-19(20)21)16(12-14)25-3/h4-9,12,19H,1-2,10-11,13H2,3H3. The molecular weight excluding hydrogens is 360 g/mol. The van der Waals surface area contributed by atoms with Crippen LogP contribution in [-0.2, 0) is 14.3 Å². The van der Waals surface area contributed by atoms with E-state index in [2.05, 4.69) is 17.9 Å². The lowest BCUT2D eigenvalue weighted by atomic mass is 10.2. The second kappa shape index (κ2) is 11.5. The van der Waals surface area contributed by atoms with Gasteiger partial charge in [0.25, 0.3) is 5.91 Å². The first-order chi connectivity index (χ1) is 12.9. The van der Waals surface area contributed by atoms with E-state index >= 15 is 0 Å². The Morgan fingerprint density at radius 1 is 1.19 bits per heavy atom. The van der Waals surface area contributed by atoms with Crippen molar-refractivity contribution in [2.45, 2.75) is 6.61 Å². The normalized spacial score (nSPS) is 10.5. The monoisotopic (exact) mass is 381 g/mol. The van der Waals surface area contributed by atoms with Gasteiger partial charge < -0.3 is 19.1 Å². The molecule has 0 aliphatic rings. The number of methoxy groups -OCH3 is 1. The van der Waals surface area contributed by atoms with Gasteiger partial charge in [0.2, 0.25) is 0 Å². The van der Waals surface area contributed by atoms with Crippen molar-refractivity contribution in [2.24, 2.45) is 0 Å². The maximum atomic E-state index is 12.3. The van der Waals surface area contributed by atoms with Crippen molar-refractivity contribution in [1.82, 2.24) is 4.90 Å². The number of alkyl halides is 2. The van der Waals surface area contributed by atoms with Gasteiger partial charge in [0, 0.05) is 19.2 Å². The number of carbonyl (C=O) groups excluding carboxylic acids is 2. The summed E-state index contributed by atoms with van der Waals surface area (Å²) < 4.78 is 38.8. The Morgan fingerprint density at radius 3 is 2.41 bits per heavy atom. The van der Waals surface area contributed by atoms with E-state index in [0.717, 1.165) is 6.08 Å². The van der Waals surface area contributed by atoms with Crippen LogP contribution in [0.1, 0.15) is 5.56 Å². The van der Waals surface area contributed by atoms with Gasteiger partial charge in [-0.2, -0.15) is 8.78 Å². The summed E-state index contributed by atoms with van der Waals surface area (Å²) in [5, 5.41) is 0. The van der Waals surface area contributed by atoms with Crippen LogP contribution in [-0.4, -0.2) is 50.2 Å². The summed E-state index contributed by atoms with van der Waals surface area (Å²) >= 11 is 0. The van der Waals surface area contributed by atoms with Crippen LogP contribution >= 0.6 is 0 Å². The van der Waals surface area contributed by atoms with Crippen molar-refractivity contribution >= 4 is 18.0 Å². The minimum Gasteiger partial charge on any atom is -0.493 e. The quantitative estimate of drug-likeness (QED) is 0.335. The summed E-state index contributed by atoms with van der Waals surface area (Å²) in [5.41, 5.74) is 0.497. The van der Waals surface area contributed by atoms with Crippen LogP contribution in [0.4, 0.5) is 8.78 Å². The number of esters is 1. The molecule has 0 bridgehead atoms. The Labute approximate surface area is 156 Å². The minimum atomic E-state index is -2.98. The van der Waals surface area contributed by atoms with Crippen LogP contribution in [0.15, 0.2) is 49.6 Å². The fourth-order valence-electron chi connectivity index (χ4n) is 2.01. The molecule has 6 nitrogen and oxygen atoms in total. The molecular formula is C19H21F2NO5. The maximum absolute atomic E-state index is 12.3. The molecule has 0 heterocycles. The third kappa shape index (κ3) is 7.72. The lowest BCUT2D eigenvalue weighted by molar-refractivity contribution is -0.147. The number of amides is 1. The predicted molar refractivity (Wildman–Crippen MR) is 96.6 cm³/mol. The minimum absolute atomic E-state index is 0.0884. The van der Waals surface area contributed by atoms with Crippen LogP contribution in [0.3, 0.4) is 0 Å². The third-order valence-corrected chi connectivity index (χ3v) is 3.21. The molecule has 0 N–H and O–H groups in total. The molecule has 0 saturated heterocycles. The van der Waals surface area contributed by atoms with Gasteiger partial charge in [-0.05, 0) is 23.8 Å². The number of rotatable bonds is 11. The molecule has 1 amide bonds. The molecule has 0 aliphatic heterocycles. The number of hydrogen-bond acceptors (Lipinski definition) is 5. The fraction of sp³-hybridized carbons (Fsp3) is 0.263. The van der Waals surface area contributed by atoms with E-state index in [-0.39, 0.29) is 17.4 Å². The van der Waals surface area contributed by atoms with Gasteiger partial charge in [-0.3, -0.25) is 4.79 Å². The van der Waals surface area contributed by atoms with Crippen molar-refractivity contribution in [2.75, 3.05) is 26.8 Å². The summed E-state index contributed by atoms with van der Waals surface area (Å²) in [6.45, 7) is 4.33. The summed E-state index contributed by atoms with van der Waals surface area (Å²) in [6.07, 6.45) is 5.61. The van der Waals surface area contributed by atoms with Gasteiger partial charge in [-0.15, -0.1) is 13.2 Å². The molecule has 0 atom stereocenters. The zero-order chi connectivity index (χ0) is 20.2. The van der Waals surface area contributed by atoms with Crippen molar-refractivity contribution in [3.8, 4) is 11.5 Å². The van der Waals surface area contributed by atoms with Gasteiger partial charge >= 0.3 is 12.6 Å². The van der Waals surface area contributed by atoms with Crippen LogP contribution in [0.2, 0.25) is 0 Å². The molecule has 27 heavy (non-hydrogen) atoms. The summed E-state index contributed by atoms with van der Waals surface area (Å²) in [6, 6.07) is 4.18. The Morgan fingerprint density at radius 2 is 1.85 bits per heavy atom. The van der Waals surface area contributed by atoms with E-state index in [0.29, 0.717) is 18.7 Å². The van der Waals surface area contributed by atoms with Crippen LogP contribution < -0.4 is 9.47 Å². The van der Waals surface area contributed by atoms with Crippen LogP contribution in [0, 0.1) is 0 Å². The molecule has 0 saturated carbocycles. The number of hydrogen-bond donors (Lipinski definition) is 0. The SMILES string of the molecule is C=CCN(CC=C)C(=O)COC(=O)C=Cc1ccc(OC(F)F)c(OC)c1. The van der Waals surface area contributed by atoms with Gasteiger partial charge in [-0.1, -0.05) is 18.2 Å². The molecule has 0 fully saturated rings. The van der Waals surface area contributed by atoms with E-state index in [9.17, 15) is 18.4 Å². The number of benzene rings is 1. The summed E-state index contributed by atoms with van der Waals surface area (Å²) in [7, 11) is 1.30. The topological polar surface area (TPSA) is 65.1 Å². The summed E-state index contributed by atoms with van der Waals surface area (Å²) in [5.74, 6) is -1.15. The largest absolute Gasteiger partial charge is 0.493 e. The van der Waals surface area contributed by atoms with Gasteiger partial charge in [0.05, 0.1) is 7.11 Å². The second-order valence-electron chi connectivity index (χ2n) is 5.11. The molecule has 0 aliphatic carbocycles. The van der Waals surface area contributed by atoms with E-state index in [1.165, 1.54) is 36.3 Å². The number of nitrogens with zero attached hydrogens (tertiary/aromatic N) is 1. The van der Waals surface area contributed by atoms with Crippen LogP contribution in [0.25, 0.3) is 6.08 Å². The van der Waals surface area contributed by atoms with Crippen LogP contribution in [0.5, 0.6) is 11.5 Å². The van der Waals surface area contributed by atoms with Crippen molar-refractivity contribution in [3.63, 3.8) is 0 Å². The molecule has 1 aromatic rings. The summed E-state index contributed by atoms with van der Waals surface area (Å²) in [4.78, 5) is 25.1. The molecule has 0 aromatic heterocycles. The Hall–Kier alpha value is -3.16. The Bertz CT molecular complexity index is 693. The molecule has 8 heteroatoms. The highest BCUT2D eigenvalue weighted by Gasteiger charge is 2.13. The second-order valence-corrected chi connectivity index (χ2v) is 5.11. The first-order valence-corrected chi connectivity index (χ1v) is 7.88. The number of halogens is 2. The zero-order valence-corrected chi connectivity index (χ0v) is 14.9. The van der Waals surface area contributed by atoms with E-state index in [1.807, 2.05) is 0 Å². The van der Waals surface area contributed by atoms with E-state index in [4.69, 9.17) is 9.47 Å². The van der Waals surface area contributed by atoms with Crippen molar-refractivity contribution < 1.29 is 32.6 Å². The first kappa shape index (κ1) is 21.9. The molecule has 146 valence electrons. The van der Waals surface area contributed by atoms with Gasteiger partial charge in [-0.25, -0.2) is 4.79 Å². The lowest BCUT2D eigenvalue weighted by Gasteiger charge is -2.18. The molecule has 0 unspecified atom stereocenters. The molecule has 1 aromatic carbocycles. The average molecular weight is 381 g/mol. The Balaban J connectivity index is 2.66. The van der Waals surface area contributed by atoms with Crippen molar-refractivity contribution in [1.29, 1.82) is 0 Å². The molecule has 0 spiro atoms.